The van der Waals surface area contributed by atoms with Gasteiger partial charge in [-0.05, 0) is 135 Å². The first-order chi connectivity index (χ1) is 32.6. The first kappa shape index (κ1) is 61.5. The van der Waals surface area contributed by atoms with Crippen molar-refractivity contribution in [3.63, 3.8) is 0 Å². The third-order valence-electron chi connectivity index (χ3n) is 10.0. The van der Waals surface area contributed by atoms with E-state index in [1.54, 1.807) is 0 Å². The fourth-order valence-corrected chi connectivity index (χ4v) is 6.29. The maximum atomic E-state index is 12.8. The van der Waals surface area contributed by atoms with E-state index in [4.69, 9.17) is 14.2 Å². The molecule has 0 aromatic carbocycles. The Kier molecular flexibility index (Phi) is 51.1. The summed E-state index contributed by atoms with van der Waals surface area (Å²) in [5, 5.41) is 0. The summed E-state index contributed by atoms with van der Waals surface area (Å²) in [6.45, 7) is 7.25. The van der Waals surface area contributed by atoms with E-state index in [1.807, 2.05) is 0 Å². The molecular weight excluding hydrogens is 813 g/mol. The first-order valence-electron chi connectivity index (χ1n) is 26.0. The monoisotopic (exact) mass is 907 g/mol. The van der Waals surface area contributed by atoms with Crippen LogP contribution in [0.1, 0.15) is 188 Å². The van der Waals surface area contributed by atoms with Crippen LogP contribution in [0.5, 0.6) is 0 Å². The molecule has 0 radical (unpaired) electrons. The second-order valence-electron chi connectivity index (χ2n) is 16.3. The minimum Gasteiger partial charge on any atom is -0.462 e. The van der Waals surface area contributed by atoms with Crippen molar-refractivity contribution in [3.05, 3.63) is 158 Å². The Morgan fingerprint density at radius 2 is 0.636 bits per heavy atom. The van der Waals surface area contributed by atoms with E-state index in [0.29, 0.717) is 19.4 Å². The Morgan fingerprint density at radius 3 is 1.02 bits per heavy atom. The van der Waals surface area contributed by atoms with Crippen molar-refractivity contribution in [2.45, 2.75) is 194 Å². The molecule has 0 aliphatic rings. The average Bonchev–Trinajstić information content (AvgIpc) is 3.32. The van der Waals surface area contributed by atoms with Crippen LogP contribution < -0.4 is 0 Å². The van der Waals surface area contributed by atoms with E-state index in [2.05, 4.69) is 179 Å². The molecule has 368 valence electrons. The van der Waals surface area contributed by atoms with Gasteiger partial charge >= 0.3 is 11.9 Å². The van der Waals surface area contributed by atoms with Crippen molar-refractivity contribution in [2.75, 3.05) is 19.8 Å². The number of hydrogen-bond acceptors (Lipinski definition) is 5. The molecule has 0 bridgehead atoms. The van der Waals surface area contributed by atoms with Crippen LogP contribution in [0, 0.1) is 0 Å². The highest BCUT2D eigenvalue weighted by Crippen LogP contribution is 2.11. The quantitative estimate of drug-likeness (QED) is 0.0346. The van der Waals surface area contributed by atoms with E-state index in [0.717, 1.165) is 154 Å². The standard InChI is InChI=1S/C61H94O5/c1-4-7-10-13-16-19-22-25-28-30-31-33-34-36-39-42-45-48-51-54-60(62)65-58-59(57-64-56-53-50-47-44-41-38-27-24-21-18-15-12-9-6-3)66-61(63)55-52-49-46-43-40-37-35-32-29-26-23-20-17-14-11-8-5-2/h7-12,16-21,25-29,31,33,35-39,44,47,59H,4-6,13-15,22-24,30,32,34,40-43,45-46,48-58H2,1-3H3/b10-7-,11-8-,12-9-,19-16-,20-17-,21-18-,28-25-,29-26-,33-31-,37-35-,38-27-,39-36-,47-44-. The van der Waals surface area contributed by atoms with Crippen molar-refractivity contribution in [3.8, 4) is 0 Å². The van der Waals surface area contributed by atoms with Crippen LogP contribution >= 0.6 is 0 Å². The molecule has 0 aliphatic heterocycles. The summed E-state index contributed by atoms with van der Waals surface area (Å²) in [5.41, 5.74) is 0. The second-order valence-corrected chi connectivity index (χ2v) is 16.3. The predicted octanol–water partition coefficient (Wildman–Crippen LogP) is 17.9. The van der Waals surface area contributed by atoms with Crippen LogP contribution in [0.15, 0.2) is 158 Å². The van der Waals surface area contributed by atoms with E-state index in [-0.39, 0.29) is 25.2 Å². The minimum atomic E-state index is -0.604. The highest BCUT2D eigenvalue weighted by atomic mass is 16.6. The van der Waals surface area contributed by atoms with Crippen molar-refractivity contribution < 1.29 is 23.8 Å². The fraction of sp³-hybridized carbons (Fsp3) is 0.541. The molecule has 1 atom stereocenters. The molecule has 0 aromatic rings. The third kappa shape index (κ3) is 52.1. The molecule has 0 saturated carbocycles. The van der Waals surface area contributed by atoms with Gasteiger partial charge in [-0.3, -0.25) is 9.59 Å². The van der Waals surface area contributed by atoms with Crippen molar-refractivity contribution >= 4 is 11.9 Å². The van der Waals surface area contributed by atoms with Gasteiger partial charge in [-0.25, -0.2) is 0 Å². The Labute approximate surface area is 405 Å². The van der Waals surface area contributed by atoms with Crippen molar-refractivity contribution in [1.29, 1.82) is 0 Å². The Morgan fingerprint density at radius 1 is 0.333 bits per heavy atom. The van der Waals surface area contributed by atoms with E-state index in [9.17, 15) is 9.59 Å². The van der Waals surface area contributed by atoms with E-state index >= 15 is 0 Å². The van der Waals surface area contributed by atoms with E-state index < -0.39 is 6.10 Å². The SMILES string of the molecule is CC/C=C\C/C=C\C/C=C\C/C=C\C/C=C\CCCCCC(=O)OCC(COCCC/C=C\C/C=C\C/C=C\C/C=C\CC)OC(=O)CCCCCC/C=C\C/C=C\C/C=C\C/C=C\CC. The van der Waals surface area contributed by atoms with Gasteiger partial charge in [0.1, 0.15) is 6.61 Å². The molecule has 0 saturated heterocycles. The van der Waals surface area contributed by atoms with Crippen LogP contribution in [0.3, 0.4) is 0 Å². The molecule has 0 aromatic heterocycles. The Bertz CT molecular complexity index is 1490. The zero-order valence-corrected chi connectivity index (χ0v) is 42.1. The number of hydrogen-bond donors (Lipinski definition) is 0. The van der Waals surface area contributed by atoms with Gasteiger partial charge in [0.25, 0.3) is 0 Å². The van der Waals surface area contributed by atoms with Gasteiger partial charge in [-0.1, -0.05) is 198 Å². The molecule has 0 amide bonds. The molecule has 5 nitrogen and oxygen atoms in total. The zero-order chi connectivity index (χ0) is 47.7. The topological polar surface area (TPSA) is 61.8 Å². The number of rotatable bonds is 45. The lowest BCUT2D eigenvalue weighted by atomic mass is 10.1. The number of ether oxygens (including phenoxy) is 3. The van der Waals surface area contributed by atoms with Gasteiger partial charge in [0, 0.05) is 19.4 Å². The Hall–Kier alpha value is -4.48. The minimum absolute atomic E-state index is 0.0242. The molecule has 0 rings (SSSR count). The van der Waals surface area contributed by atoms with Gasteiger partial charge in [-0.15, -0.1) is 0 Å². The summed E-state index contributed by atoms with van der Waals surface area (Å²) >= 11 is 0. The number of unbranched alkanes of at least 4 members (excludes halogenated alkanes) is 8. The summed E-state index contributed by atoms with van der Waals surface area (Å²) in [7, 11) is 0. The van der Waals surface area contributed by atoms with Gasteiger partial charge in [-0.2, -0.15) is 0 Å². The smallest absolute Gasteiger partial charge is 0.306 e. The molecule has 0 aliphatic carbocycles. The van der Waals surface area contributed by atoms with Crippen molar-refractivity contribution in [2.24, 2.45) is 0 Å². The molecule has 0 spiro atoms. The van der Waals surface area contributed by atoms with E-state index in [1.165, 1.54) is 0 Å². The number of carbonyl (C=O) groups excluding carboxylic acids is 2. The maximum Gasteiger partial charge on any atom is 0.306 e. The number of carbonyl (C=O) groups is 2. The summed E-state index contributed by atoms with van der Waals surface area (Å²) in [6.07, 6.45) is 81.2. The van der Waals surface area contributed by atoms with Crippen LogP contribution in [-0.2, 0) is 23.8 Å². The number of allylic oxidation sites excluding steroid dienone is 26. The van der Waals surface area contributed by atoms with Gasteiger partial charge in [0.15, 0.2) is 6.10 Å². The van der Waals surface area contributed by atoms with Gasteiger partial charge in [0.05, 0.1) is 6.61 Å². The van der Waals surface area contributed by atoms with Crippen LogP contribution in [-0.4, -0.2) is 37.9 Å². The molecule has 66 heavy (non-hydrogen) atoms. The average molecular weight is 907 g/mol. The van der Waals surface area contributed by atoms with Crippen LogP contribution in [0.2, 0.25) is 0 Å². The fourth-order valence-electron chi connectivity index (χ4n) is 6.29. The predicted molar refractivity (Wildman–Crippen MR) is 288 cm³/mol. The lowest BCUT2D eigenvalue weighted by Crippen LogP contribution is -2.30. The Balaban J connectivity index is 4.49. The highest BCUT2D eigenvalue weighted by molar-refractivity contribution is 5.70. The summed E-state index contributed by atoms with van der Waals surface area (Å²) in [4.78, 5) is 25.4. The normalized spacial score (nSPS) is 13.6. The second kappa shape index (κ2) is 54.9. The summed E-state index contributed by atoms with van der Waals surface area (Å²) in [6, 6.07) is 0. The van der Waals surface area contributed by atoms with Crippen LogP contribution in [0.4, 0.5) is 0 Å². The number of esters is 2. The molecule has 0 N–H and O–H groups in total. The highest BCUT2D eigenvalue weighted by Gasteiger charge is 2.17. The largest absolute Gasteiger partial charge is 0.462 e. The maximum absolute atomic E-state index is 12.8. The van der Waals surface area contributed by atoms with Crippen molar-refractivity contribution in [1.82, 2.24) is 0 Å². The summed E-state index contributed by atoms with van der Waals surface area (Å²) in [5.74, 6) is -0.507. The molecular formula is C61H94O5. The first-order valence-corrected chi connectivity index (χ1v) is 26.0. The molecule has 0 heterocycles. The molecule has 5 heteroatoms. The summed E-state index contributed by atoms with van der Waals surface area (Å²) < 4.78 is 17.3. The third-order valence-corrected chi connectivity index (χ3v) is 10.0. The van der Waals surface area contributed by atoms with Gasteiger partial charge < -0.3 is 14.2 Å². The lowest BCUT2D eigenvalue weighted by molar-refractivity contribution is -0.163. The van der Waals surface area contributed by atoms with Crippen LogP contribution in [0.25, 0.3) is 0 Å². The lowest BCUT2D eigenvalue weighted by Gasteiger charge is -2.18. The molecule has 1 unspecified atom stereocenters. The molecule has 0 fully saturated rings. The van der Waals surface area contributed by atoms with Gasteiger partial charge in [0.2, 0.25) is 0 Å². The zero-order valence-electron chi connectivity index (χ0n) is 42.1.